The molecule has 0 saturated carbocycles. The van der Waals surface area contributed by atoms with Crippen LogP contribution < -0.4 is 5.32 Å². The molecular formula is C16H16INO2. The summed E-state index contributed by atoms with van der Waals surface area (Å²) in [6.45, 7) is 1.86. The number of carbonyl (C=O) groups is 1. The molecule has 2 aromatic rings. The second-order valence-electron chi connectivity index (χ2n) is 4.83. The van der Waals surface area contributed by atoms with E-state index in [1.165, 1.54) is 0 Å². The normalized spacial score (nSPS) is 13.6. The molecule has 0 bridgehead atoms. The molecule has 0 aliphatic heterocycles. The molecule has 1 unspecified atom stereocenters. The van der Waals surface area contributed by atoms with E-state index in [4.69, 9.17) is 0 Å². The van der Waals surface area contributed by atoms with Gasteiger partial charge in [-0.3, -0.25) is 4.79 Å². The molecular weight excluding hydrogens is 365 g/mol. The van der Waals surface area contributed by atoms with E-state index < -0.39 is 5.60 Å². The van der Waals surface area contributed by atoms with Gasteiger partial charge in [0.1, 0.15) is 5.60 Å². The van der Waals surface area contributed by atoms with Gasteiger partial charge >= 0.3 is 0 Å². The standard InChI is InChI=1S/C16H16INO2/c1-16(20,13-7-3-2-4-8-13)11-18-15(19)12-6-5-9-14(17)10-12/h2-10,20H,11H2,1H3,(H,18,19). The third-order valence-corrected chi connectivity index (χ3v) is 3.75. The Morgan fingerprint density at radius 3 is 2.55 bits per heavy atom. The number of rotatable bonds is 4. The highest BCUT2D eigenvalue weighted by molar-refractivity contribution is 14.1. The van der Waals surface area contributed by atoms with E-state index in [0.717, 1.165) is 9.13 Å². The number of aliphatic hydroxyl groups is 1. The lowest BCUT2D eigenvalue weighted by molar-refractivity contribution is 0.0526. The van der Waals surface area contributed by atoms with Crippen LogP contribution in [-0.4, -0.2) is 17.6 Å². The lowest BCUT2D eigenvalue weighted by Gasteiger charge is -2.24. The first kappa shape index (κ1) is 15.0. The van der Waals surface area contributed by atoms with Crippen LogP contribution in [0.4, 0.5) is 0 Å². The van der Waals surface area contributed by atoms with Gasteiger partial charge in [0, 0.05) is 9.13 Å². The van der Waals surface area contributed by atoms with Crippen molar-refractivity contribution >= 4 is 28.5 Å². The fraction of sp³-hybridized carbons (Fsp3) is 0.188. The van der Waals surface area contributed by atoms with Gasteiger partial charge in [-0.1, -0.05) is 36.4 Å². The minimum absolute atomic E-state index is 0.168. The van der Waals surface area contributed by atoms with E-state index in [1.54, 1.807) is 13.0 Å². The predicted octanol–water partition coefficient (Wildman–Crippen LogP) is 2.93. The van der Waals surface area contributed by atoms with Crippen LogP contribution in [-0.2, 0) is 5.60 Å². The molecule has 0 radical (unpaired) electrons. The summed E-state index contributed by atoms with van der Waals surface area (Å²) >= 11 is 2.16. The van der Waals surface area contributed by atoms with Crippen LogP contribution in [0.3, 0.4) is 0 Å². The number of hydrogen-bond acceptors (Lipinski definition) is 2. The molecule has 0 aliphatic rings. The molecule has 2 aromatic carbocycles. The van der Waals surface area contributed by atoms with Gasteiger partial charge in [-0.2, -0.15) is 0 Å². The third kappa shape index (κ3) is 3.80. The lowest BCUT2D eigenvalue weighted by Crippen LogP contribution is -2.38. The lowest BCUT2D eigenvalue weighted by atomic mass is 9.96. The molecule has 3 nitrogen and oxygen atoms in total. The highest BCUT2D eigenvalue weighted by Gasteiger charge is 2.23. The van der Waals surface area contributed by atoms with E-state index in [9.17, 15) is 9.90 Å². The number of nitrogens with one attached hydrogen (secondary N) is 1. The van der Waals surface area contributed by atoms with Crippen molar-refractivity contribution in [3.05, 3.63) is 69.3 Å². The first-order valence-electron chi connectivity index (χ1n) is 6.31. The van der Waals surface area contributed by atoms with Crippen molar-refractivity contribution in [2.75, 3.05) is 6.54 Å². The summed E-state index contributed by atoms with van der Waals surface area (Å²) in [7, 11) is 0. The zero-order valence-electron chi connectivity index (χ0n) is 11.1. The van der Waals surface area contributed by atoms with E-state index in [-0.39, 0.29) is 12.5 Å². The number of amides is 1. The molecule has 20 heavy (non-hydrogen) atoms. The fourth-order valence-electron chi connectivity index (χ4n) is 1.88. The third-order valence-electron chi connectivity index (χ3n) is 3.08. The average Bonchev–Trinajstić information content (AvgIpc) is 2.46. The number of hydrogen-bond donors (Lipinski definition) is 2. The monoisotopic (exact) mass is 381 g/mol. The van der Waals surface area contributed by atoms with Gasteiger partial charge in [-0.15, -0.1) is 0 Å². The molecule has 2 rings (SSSR count). The molecule has 0 spiro atoms. The smallest absolute Gasteiger partial charge is 0.251 e. The van der Waals surface area contributed by atoms with Gasteiger partial charge in [-0.05, 0) is 53.3 Å². The Hall–Kier alpha value is -1.40. The largest absolute Gasteiger partial charge is 0.384 e. The van der Waals surface area contributed by atoms with Crippen molar-refractivity contribution in [1.29, 1.82) is 0 Å². The van der Waals surface area contributed by atoms with E-state index in [1.807, 2.05) is 48.5 Å². The van der Waals surface area contributed by atoms with Crippen LogP contribution in [0.15, 0.2) is 54.6 Å². The van der Waals surface area contributed by atoms with Crippen molar-refractivity contribution in [1.82, 2.24) is 5.32 Å². The first-order chi connectivity index (χ1) is 9.49. The molecule has 2 N–H and O–H groups in total. The van der Waals surface area contributed by atoms with Gasteiger partial charge in [0.15, 0.2) is 0 Å². The molecule has 0 aliphatic carbocycles. The number of carbonyl (C=O) groups excluding carboxylic acids is 1. The van der Waals surface area contributed by atoms with E-state index >= 15 is 0 Å². The van der Waals surface area contributed by atoms with Crippen molar-refractivity contribution in [2.45, 2.75) is 12.5 Å². The van der Waals surface area contributed by atoms with Crippen molar-refractivity contribution in [3.63, 3.8) is 0 Å². The molecule has 1 atom stereocenters. The predicted molar refractivity (Wildman–Crippen MR) is 87.5 cm³/mol. The fourth-order valence-corrected chi connectivity index (χ4v) is 2.43. The molecule has 1 amide bonds. The zero-order chi connectivity index (χ0) is 14.6. The Balaban J connectivity index is 2.03. The van der Waals surface area contributed by atoms with Crippen LogP contribution in [0.5, 0.6) is 0 Å². The molecule has 0 saturated heterocycles. The molecule has 0 fully saturated rings. The molecule has 104 valence electrons. The topological polar surface area (TPSA) is 49.3 Å². The van der Waals surface area contributed by atoms with Crippen LogP contribution >= 0.6 is 22.6 Å². The second kappa shape index (κ2) is 6.37. The van der Waals surface area contributed by atoms with Crippen LogP contribution in [0.2, 0.25) is 0 Å². The van der Waals surface area contributed by atoms with Crippen molar-refractivity contribution in [2.24, 2.45) is 0 Å². The van der Waals surface area contributed by atoms with E-state index in [0.29, 0.717) is 5.56 Å². The maximum absolute atomic E-state index is 12.0. The summed E-state index contributed by atoms with van der Waals surface area (Å²) in [6.07, 6.45) is 0. The summed E-state index contributed by atoms with van der Waals surface area (Å²) in [5, 5.41) is 13.2. The highest BCUT2D eigenvalue weighted by atomic mass is 127. The molecule has 0 aromatic heterocycles. The van der Waals surface area contributed by atoms with Gasteiger partial charge in [-0.25, -0.2) is 0 Å². The summed E-state index contributed by atoms with van der Waals surface area (Å²) in [6, 6.07) is 16.7. The number of benzene rings is 2. The Bertz CT molecular complexity index is 596. The van der Waals surface area contributed by atoms with Crippen LogP contribution in [0.25, 0.3) is 0 Å². The minimum atomic E-state index is -1.08. The van der Waals surface area contributed by atoms with Gasteiger partial charge in [0.25, 0.3) is 5.91 Å². The summed E-state index contributed by atoms with van der Waals surface area (Å²) in [5.74, 6) is -0.181. The minimum Gasteiger partial charge on any atom is -0.384 e. The zero-order valence-corrected chi connectivity index (χ0v) is 13.3. The SMILES string of the molecule is CC(O)(CNC(=O)c1cccc(I)c1)c1ccccc1. The average molecular weight is 381 g/mol. The van der Waals surface area contributed by atoms with Gasteiger partial charge in [0.2, 0.25) is 0 Å². The van der Waals surface area contributed by atoms with Crippen molar-refractivity contribution in [3.8, 4) is 0 Å². The van der Waals surface area contributed by atoms with Crippen molar-refractivity contribution < 1.29 is 9.90 Å². The Morgan fingerprint density at radius 1 is 1.20 bits per heavy atom. The Labute approximate surface area is 132 Å². The maximum Gasteiger partial charge on any atom is 0.251 e. The molecule has 4 heteroatoms. The van der Waals surface area contributed by atoms with Gasteiger partial charge < -0.3 is 10.4 Å². The highest BCUT2D eigenvalue weighted by Crippen LogP contribution is 2.19. The van der Waals surface area contributed by atoms with E-state index in [2.05, 4.69) is 27.9 Å². The Morgan fingerprint density at radius 2 is 1.90 bits per heavy atom. The number of halogens is 1. The summed E-state index contributed by atoms with van der Waals surface area (Å²) in [5.41, 5.74) is 0.294. The van der Waals surface area contributed by atoms with Crippen LogP contribution in [0, 0.1) is 3.57 Å². The van der Waals surface area contributed by atoms with Gasteiger partial charge in [0.05, 0.1) is 6.54 Å². The first-order valence-corrected chi connectivity index (χ1v) is 7.38. The summed E-state index contributed by atoms with van der Waals surface area (Å²) in [4.78, 5) is 12.0. The van der Waals surface area contributed by atoms with Crippen LogP contribution in [0.1, 0.15) is 22.8 Å². The maximum atomic E-state index is 12.0. The Kier molecular flexibility index (Phi) is 4.77. The molecule has 0 heterocycles. The quantitative estimate of drug-likeness (QED) is 0.801. The second-order valence-corrected chi connectivity index (χ2v) is 6.08. The summed E-state index contributed by atoms with van der Waals surface area (Å²) < 4.78 is 1.00.